The number of carbonyl (C=O) groups is 1. The van der Waals surface area contributed by atoms with Crippen molar-refractivity contribution in [3.63, 3.8) is 0 Å². The minimum Gasteiger partial charge on any atom is -0.496 e. The van der Waals surface area contributed by atoms with Gasteiger partial charge in [0.15, 0.2) is 5.17 Å². The van der Waals surface area contributed by atoms with E-state index >= 15 is 0 Å². The van der Waals surface area contributed by atoms with Crippen LogP contribution in [0, 0.1) is 0 Å². The van der Waals surface area contributed by atoms with E-state index < -0.39 is 0 Å². The van der Waals surface area contributed by atoms with E-state index in [9.17, 15) is 4.79 Å². The molecule has 21 heavy (non-hydrogen) atoms. The number of carbonyl (C=O) groups excluding carboxylic acids is 1. The van der Waals surface area contributed by atoms with Crippen LogP contribution in [-0.4, -0.2) is 24.2 Å². The molecule has 5 heteroatoms. The number of aliphatic imine (C=N–C) groups is 1. The van der Waals surface area contributed by atoms with Gasteiger partial charge >= 0.3 is 0 Å². The Labute approximate surface area is 128 Å². The summed E-state index contributed by atoms with van der Waals surface area (Å²) in [6.45, 7) is 0. The van der Waals surface area contributed by atoms with Crippen molar-refractivity contribution in [1.82, 2.24) is 5.32 Å². The average molecular weight is 302 g/mol. The molecule has 2 aliphatic rings. The van der Waals surface area contributed by atoms with E-state index in [1.807, 2.05) is 30.3 Å². The summed E-state index contributed by atoms with van der Waals surface area (Å²) < 4.78 is 5.31. The fourth-order valence-electron chi connectivity index (χ4n) is 2.61. The molecule has 1 saturated heterocycles. The van der Waals surface area contributed by atoms with Crippen LogP contribution in [0.1, 0.15) is 31.2 Å². The van der Waals surface area contributed by atoms with Crippen molar-refractivity contribution in [3.05, 3.63) is 34.7 Å². The Morgan fingerprint density at radius 1 is 1.33 bits per heavy atom. The van der Waals surface area contributed by atoms with Gasteiger partial charge < -0.3 is 10.1 Å². The molecule has 0 bridgehead atoms. The first-order chi connectivity index (χ1) is 10.3. The Balaban J connectivity index is 1.79. The molecule has 1 N–H and O–H groups in total. The van der Waals surface area contributed by atoms with Gasteiger partial charge in [0.25, 0.3) is 5.91 Å². The zero-order valence-corrected chi connectivity index (χ0v) is 12.8. The predicted molar refractivity (Wildman–Crippen MR) is 86.4 cm³/mol. The van der Waals surface area contributed by atoms with Crippen LogP contribution in [0.2, 0.25) is 0 Å². The molecule has 1 aliphatic heterocycles. The van der Waals surface area contributed by atoms with Crippen molar-refractivity contribution in [2.75, 3.05) is 7.11 Å². The third-order valence-corrected chi connectivity index (χ3v) is 4.62. The lowest BCUT2D eigenvalue weighted by Crippen LogP contribution is -2.21. The van der Waals surface area contributed by atoms with E-state index in [0.717, 1.165) is 29.3 Å². The molecule has 1 heterocycles. The van der Waals surface area contributed by atoms with Gasteiger partial charge in [0.2, 0.25) is 0 Å². The minimum atomic E-state index is -0.0809. The summed E-state index contributed by atoms with van der Waals surface area (Å²) >= 11 is 1.41. The second-order valence-corrected chi connectivity index (χ2v) is 6.21. The SMILES string of the molecule is COc1ccccc1/C=C1\SC(=NC2CCCC2)NC1=O. The monoisotopic (exact) mass is 302 g/mol. The number of hydrogen-bond donors (Lipinski definition) is 1. The first-order valence-electron chi connectivity index (χ1n) is 7.18. The van der Waals surface area contributed by atoms with E-state index in [1.165, 1.54) is 24.6 Å². The summed E-state index contributed by atoms with van der Waals surface area (Å²) in [5.74, 6) is 0.683. The number of methoxy groups -OCH3 is 1. The predicted octanol–water partition coefficient (Wildman–Crippen LogP) is 3.20. The topological polar surface area (TPSA) is 50.7 Å². The van der Waals surface area contributed by atoms with Crippen molar-refractivity contribution >= 4 is 28.9 Å². The lowest BCUT2D eigenvalue weighted by atomic mass is 10.2. The molecule has 3 rings (SSSR count). The molecule has 4 nitrogen and oxygen atoms in total. The second kappa shape index (κ2) is 6.35. The van der Waals surface area contributed by atoms with Crippen molar-refractivity contribution in [2.24, 2.45) is 4.99 Å². The number of hydrogen-bond acceptors (Lipinski definition) is 4. The third kappa shape index (κ3) is 3.29. The lowest BCUT2D eigenvalue weighted by Gasteiger charge is -2.04. The Morgan fingerprint density at radius 2 is 2.10 bits per heavy atom. The van der Waals surface area contributed by atoms with Crippen LogP contribution in [0.3, 0.4) is 0 Å². The molecule has 0 spiro atoms. The van der Waals surface area contributed by atoms with E-state index in [1.54, 1.807) is 7.11 Å². The van der Waals surface area contributed by atoms with Crippen LogP contribution < -0.4 is 10.1 Å². The number of thioether (sulfide) groups is 1. The summed E-state index contributed by atoms with van der Waals surface area (Å²) in [6.07, 6.45) is 6.60. The molecule has 0 aromatic heterocycles. The molecule has 110 valence electrons. The number of para-hydroxylation sites is 1. The molecular formula is C16H18N2O2S. The molecule has 0 atom stereocenters. The van der Waals surface area contributed by atoms with Crippen molar-refractivity contribution in [2.45, 2.75) is 31.7 Å². The second-order valence-electron chi connectivity index (χ2n) is 5.18. The normalized spacial score (nSPS) is 23.0. The standard InChI is InChI=1S/C16H18N2O2S/c1-20-13-9-5-2-6-11(13)10-14-15(19)18-16(21-14)17-12-7-3-4-8-12/h2,5-6,9-10,12H,3-4,7-8H2,1H3,(H,17,18,19)/b14-10-. The van der Waals surface area contributed by atoms with Crippen LogP contribution in [0.4, 0.5) is 0 Å². The van der Waals surface area contributed by atoms with Crippen LogP contribution in [-0.2, 0) is 4.79 Å². The van der Waals surface area contributed by atoms with Gasteiger partial charge in [-0.25, -0.2) is 0 Å². The smallest absolute Gasteiger partial charge is 0.264 e. The van der Waals surface area contributed by atoms with Gasteiger partial charge in [-0.1, -0.05) is 31.0 Å². The van der Waals surface area contributed by atoms with Crippen LogP contribution in [0.5, 0.6) is 5.75 Å². The van der Waals surface area contributed by atoms with Gasteiger partial charge in [-0.05, 0) is 36.7 Å². The molecular weight excluding hydrogens is 284 g/mol. The number of rotatable bonds is 3. The minimum absolute atomic E-state index is 0.0809. The highest BCUT2D eigenvalue weighted by atomic mass is 32.2. The zero-order chi connectivity index (χ0) is 14.7. The van der Waals surface area contributed by atoms with E-state index in [0.29, 0.717) is 10.9 Å². The van der Waals surface area contributed by atoms with Crippen LogP contribution in [0.15, 0.2) is 34.2 Å². The molecule has 0 radical (unpaired) electrons. The van der Waals surface area contributed by atoms with Crippen molar-refractivity contribution in [1.29, 1.82) is 0 Å². The molecule has 1 aliphatic carbocycles. The number of amidine groups is 1. The van der Waals surface area contributed by atoms with Gasteiger partial charge in [-0.15, -0.1) is 0 Å². The van der Waals surface area contributed by atoms with E-state index in [4.69, 9.17) is 4.74 Å². The molecule has 2 fully saturated rings. The summed E-state index contributed by atoms with van der Waals surface area (Å²) in [6, 6.07) is 8.04. The van der Waals surface area contributed by atoms with Gasteiger partial charge in [0.05, 0.1) is 18.1 Å². The van der Waals surface area contributed by atoms with Crippen LogP contribution >= 0.6 is 11.8 Å². The summed E-state index contributed by atoms with van der Waals surface area (Å²) in [7, 11) is 1.63. The number of benzene rings is 1. The highest BCUT2D eigenvalue weighted by molar-refractivity contribution is 8.18. The lowest BCUT2D eigenvalue weighted by molar-refractivity contribution is -0.115. The summed E-state index contributed by atoms with van der Waals surface area (Å²) in [4.78, 5) is 17.3. The average Bonchev–Trinajstić information content (AvgIpc) is 3.11. The van der Waals surface area contributed by atoms with Gasteiger partial charge in [0.1, 0.15) is 5.75 Å². The Bertz CT molecular complexity index is 604. The Hall–Kier alpha value is -1.75. The fourth-order valence-corrected chi connectivity index (χ4v) is 3.50. The number of nitrogens with one attached hydrogen (secondary N) is 1. The largest absolute Gasteiger partial charge is 0.496 e. The number of amides is 1. The molecule has 1 saturated carbocycles. The Morgan fingerprint density at radius 3 is 2.86 bits per heavy atom. The van der Waals surface area contributed by atoms with E-state index in [-0.39, 0.29) is 5.91 Å². The third-order valence-electron chi connectivity index (χ3n) is 3.70. The maximum Gasteiger partial charge on any atom is 0.264 e. The van der Waals surface area contributed by atoms with Crippen molar-refractivity contribution < 1.29 is 9.53 Å². The van der Waals surface area contributed by atoms with E-state index in [2.05, 4.69) is 10.3 Å². The van der Waals surface area contributed by atoms with Gasteiger partial charge in [0, 0.05) is 5.56 Å². The summed E-state index contributed by atoms with van der Waals surface area (Å²) in [5.41, 5.74) is 0.903. The molecule has 1 aromatic carbocycles. The Kier molecular flexibility index (Phi) is 4.29. The first-order valence-corrected chi connectivity index (χ1v) is 7.99. The van der Waals surface area contributed by atoms with Gasteiger partial charge in [-0.2, -0.15) is 0 Å². The number of ether oxygens (including phenoxy) is 1. The van der Waals surface area contributed by atoms with Gasteiger partial charge in [-0.3, -0.25) is 9.79 Å². The quantitative estimate of drug-likeness (QED) is 0.872. The highest BCUT2D eigenvalue weighted by Crippen LogP contribution is 2.30. The highest BCUT2D eigenvalue weighted by Gasteiger charge is 2.25. The maximum atomic E-state index is 12.0. The van der Waals surface area contributed by atoms with Crippen LogP contribution in [0.25, 0.3) is 6.08 Å². The van der Waals surface area contributed by atoms with Crippen molar-refractivity contribution in [3.8, 4) is 5.75 Å². The molecule has 0 unspecified atom stereocenters. The number of nitrogens with zero attached hydrogens (tertiary/aromatic N) is 1. The molecule has 1 amide bonds. The first kappa shape index (κ1) is 14.2. The fraction of sp³-hybridized carbons (Fsp3) is 0.375. The summed E-state index contributed by atoms with van der Waals surface area (Å²) in [5, 5.41) is 3.58. The molecule has 1 aromatic rings. The zero-order valence-electron chi connectivity index (χ0n) is 12.0. The maximum absolute atomic E-state index is 12.0.